The van der Waals surface area contributed by atoms with Gasteiger partial charge < -0.3 is 15.2 Å². The fourth-order valence-electron chi connectivity index (χ4n) is 4.08. The highest BCUT2D eigenvalue weighted by Crippen LogP contribution is 2.44. The molecule has 0 saturated heterocycles. The maximum atomic E-state index is 12.4. The average Bonchev–Trinajstić information content (AvgIpc) is 3.40. The van der Waals surface area contributed by atoms with E-state index in [2.05, 4.69) is 39.9 Å². The second-order valence-corrected chi connectivity index (χ2v) is 9.26. The van der Waals surface area contributed by atoms with E-state index in [1.807, 2.05) is 31.2 Å². The number of hydrogen-bond acceptors (Lipinski definition) is 6. The lowest BCUT2D eigenvalue weighted by Crippen LogP contribution is -2.25. The van der Waals surface area contributed by atoms with E-state index in [9.17, 15) is 14.4 Å². The summed E-state index contributed by atoms with van der Waals surface area (Å²) in [6.07, 6.45) is 1.37. The predicted octanol–water partition coefficient (Wildman–Crippen LogP) is 4.73. The van der Waals surface area contributed by atoms with E-state index in [1.165, 1.54) is 6.20 Å². The first-order valence-corrected chi connectivity index (χ1v) is 11.8. The van der Waals surface area contributed by atoms with E-state index in [-0.39, 0.29) is 35.9 Å². The van der Waals surface area contributed by atoms with Crippen molar-refractivity contribution >= 4 is 34.4 Å². The molecule has 34 heavy (non-hydrogen) atoms. The normalized spacial score (nSPS) is 13.0. The van der Waals surface area contributed by atoms with Crippen LogP contribution in [0.25, 0.3) is 11.1 Å². The molecule has 3 N–H and O–H groups in total. The van der Waals surface area contributed by atoms with Crippen LogP contribution in [-0.4, -0.2) is 41.2 Å². The molecule has 1 aromatic heterocycles. The summed E-state index contributed by atoms with van der Waals surface area (Å²) in [6, 6.07) is 16.2. The van der Waals surface area contributed by atoms with Gasteiger partial charge in [-0.3, -0.25) is 14.9 Å². The Kier molecular flexibility index (Phi) is 7.22. The van der Waals surface area contributed by atoms with E-state index in [4.69, 9.17) is 9.84 Å². The number of benzene rings is 2. The van der Waals surface area contributed by atoms with E-state index < -0.39 is 12.1 Å². The zero-order valence-corrected chi connectivity index (χ0v) is 19.4. The molecule has 8 nitrogen and oxygen atoms in total. The van der Waals surface area contributed by atoms with Crippen LogP contribution in [0.5, 0.6) is 0 Å². The van der Waals surface area contributed by atoms with Gasteiger partial charge in [-0.15, -0.1) is 0 Å². The number of ether oxygens (including phenoxy) is 1. The van der Waals surface area contributed by atoms with Crippen LogP contribution in [0, 0.1) is 5.92 Å². The summed E-state index contributed by atoms with van der Waals surface area (Å²) in [6.45, 7) is 2.37. The molecular formula is C25H25N3O5S. The molecule has 1 unspecified atom stereocenters. The highest BCUT2D eigenvalue weighted by atomic mass is 32.1. The molecule has 0 spiro atoms. The number of anilines is 1. The topological polar surface area (TPSA) is 118 Å². The molecule has 9 heteroatoms. The van der Waals surface area contributed by atoms with Gasteiger partial charge in [0.1, 0.15) is 11.5 Å². The van der Waals surface area contributed by atoms with Crippen molar-refractivity contribution in [1.29, 1.82) is 0 Å². The summed E-state index contributed by atoms with van der Waals surface area (Å²) >= 11 is 1.04. The van der Waals surface area contributed by atoms with Crippen molar-refractivity contribution in [2.45, 2.75) is 25.7 Å². The molecule has 1 aliphatic rings. The Bertz CT molecular complexity index is 1160. The molecule has 2 amide bonds. The number of carboxylic acids is 1. The third-order valence-electron chi connectivity index (χ3n) is 5.73. The number of rotatable bonds is 9. The predicted molar refractivity (Wildman–Crippen MR) is 129 cm³/mol. The lowest BCUT2D eigenvalue weighted by molar-refractivity contribution is -0.138. The minimum atomic E-state index is -0.856. The number of carbonyl (C=O) groups is 3. The van der Waals surface area contributed by atoms with Gasteiger partial charge in [-0.25, -0.2) is 9.78 Å². The lowest BCUT2D eigenvalue weighted by atomic mass is 9.98. The number of aromatic nitrogens is 1. The van der Waals surface area contributed by atoms with Crippen LogP contribution in [0.2, 0.25) is 0 Å². The minimum absolute atomic E-state index is 0.0370. The number of thiazole rings is 1. The zero-order chi connectivity index (χ0) is 24.1. The summed E-state index contributed by atoms with van der Waals surface area (Å²) in [7, 11) is 0. The largest absolute Gasteiger partial charge is 0.481 e. The van der Waals surface area contributed by atoms with Crippen molar-refractivity contribution in [3.63, 3.8) is 0 Å². The van der Waals surface area contributed by atoms with E-state index >= 15 is 0 Å². The standard InChI is InChI=1S/C25H25N3O5S/c1-15(12-22(29)30)10-11-26-23(31)21-13-27-24(34-21)28-25(32)33-14-20-18-8-4-2-6-16(18)17-7-3-5-9-19(17)20/h2-9,13,15,20H,10-12,14H2,1H3,(H,26,31)(H,29,30)(H,27,28,32). The summed E-state index contributed by atoms with van der Waals surface area (Å²) in [5, 5.41) is 14.4. The SMILES string of the molecule is CC(CCNC(=O)c1cnc(NC(=O)OCC2c3ccccc3-c3ccccc32)s1)CC(=O)O. The number of nitrogens with one attached hydrogen (secondary N) is 2. The number of carbonyl (C=O) groups excluding carboxylic acids is 2. The maximum Gasteiger partial charge on any atom is 0.413 e. The third-order valence-corrected chi connectivity index (χ3v) is 6.64. The molecule has 0 aliphatic heterocycles. The van der Waals surface area contributed by atoms with E-state index in [1.54, 1.807) is 0 Å². The summed E-state index contributed by atoms with van der Waals surface area (Å²) < 4.78 is 5.50. The monoisotopic (exact) mass is 479 g/mol. The van der Waals surface area contributed by atoms with Gasteiger partial charge in [0.15, 0.2) is 5.13 Å². The fourth-order valence-corrected chi connectivity index (χ4v) is 4.80. The quantitative estimate of drug-likeness (QED) is 0.408. The Morgan fingerprint density at radius 1 is 1.09 bits per heavy atom. The number of carboxylic acid groups (broad SMARTS) is 1. The lowest BCUT2D eigenvalue weighted by Gasteiger charge is -2.14. The molecule has 2 aromatic carbocycles. The number of hydrogen-bond donors (Lipinski definition) is 3. The van der Waals surface area contributed by atoms with Crippen LogP contribution in [0.1, 0.15) is 46.5 Å². The number of aliphatic carboxylic acids is 1. The first-order chi connectivity index (χ1) is 16.4. The molecule has 0 bridgehead atoms. The molecule has 1 aliphatic carbocycles. The van der Waals surface area contributed by atoms with Crippen molar-refractivity contribution in [2.75, 3.05) is 18.5 Å². The van der Waals surface area contributed by atoms with Crippen LogP contribution < -0.4 is 10.6 Å². The van der Waals surface area contributed by atoms with E-state index in [0.29, 0.717) is 17.8 Å². The van der Waals surface area contributed by atoms with Gasteiger partial charge in [-0.1, -0.05) is 66.8 Å². The molecule has 3 aromatic rings. The molecule has 1 atom stereocenters. The summed E-state index contributed by atoms with van der Waals surface area (Å²) in [5.74, 6) is -1.25. The number of nitrogens with zero attached hydrogens (tertiary/aromatic N) is 1. The number of amides is 2. The van der Waals surface area contributed by atoms with Crippen LogP contribution in [0.4, 0.5) is 9.93 Å². The zero-order valence-electron chi connectivity index (χ0n) is 18.6. The van der Waals surface area contributed by atoms with Gasteiger partial charge in [0, 0.05) is 18.9 Å². The van der Waals surface area contributed by atoms with Crippen molar-refractivity contribution in [3.05, 3.63) is 70.7 Å². The van der Waals surface area contributed by atoms with Crippen molar-refractivity contribution < 1.29 is 24.2 Å². The van der Waals surface area contributed by atoms with Gasteiger partial charge in [-0.2, -0.15) is 0 Å². The fraction of sp³-hybridized carbons (Fsp3) is 0.280. The van der Waals surface area contributed by atoms with Gasteiger partial charge in [0.05, 0.1) is 6.20 Å². The smallest absolute Gasteiger partial charge is 0.413 e. The summed E-state index contributed by atoms with van der Waals surface area (Å²) in [4.78, 5) is 39.8. The Labute approximate surface area is 201 Å². The Morgan fingerprint density at radius 2 is 1.74 bits per heavy atom. The first kappa shape index (κ1) is 23.4. The van der Waals surface area contributed by atoms with Crippen molar-refractivity contribution in [3.8, 4) is 11.1 Å². The van der Waals surface area contributed by atoms with Crippen molar-refractivity contribution in [1.82, 2.24) is 10.3 Å². The second kappa shape index (κ2) is 10.5. The van der Waals surface area contributed by atoms with Crippen LogP contribution >= 0.6 is 11.3 Å². The second-order valence-electron chi connectivity index (χ2n) is 8.23. The molecule has 0 fully saturated rings. The van der Waals surface area contributed by atoms with Gasteiger partial charge in [-0.05, 0) is 34.6 Å². The van der Waals surface area contributed by atoms with Crippen LogP contribution in [0.3, 0.4) is 0 Å². The van der Waals surface area contributed by atoms with Gasteiger partial charge in [0.25, 0.3) is 5.91 Å². The molecule has 0 saturated carbocycles. The minimum Gasteiger partial charge on any atom is -0.481 e. The third kappa shape index (κ3) is 5.43. The molecule has 176 valence electrons. The summed E-state index contributed by atoms with van der Waals surface area (Å²) in [5.41, 5.74) is 4.56. The maximum absolute atomic E-state index is 12.4. The van der Waals surface area contributed by atoms with Crippen LogP contribution in [-0.2, 0) is 9.53 Å². The molecule has 0 radical (unpaired) electrons. The van der Waals surface area contributed by atoms with Crippen molar-refractivity contribution in [2.24, 2.45) is 5.92 Å². The number of fused-ring (bicyclic) bond motifs is 3. The average molecular weight is 480 g/mol. The highest BCUT2D eigenvalue weighted by Gasteiger charge is 2.29. The molecular weight excluding hydrogens is 454 g/mol. The van der Waals surface area contributed by atoms with E-state index in [0.717, 1.165) is 33.6 Å². The Hall–Kier alpha value is -3.72. The molecule has 4 rings (SSSR count). The van der Waals surface area contributed by atoms with Crippen LogP contribution in [0.15, 0.2) is 54.7 Å². The Morgan fingerprint density at radius 3 is 2.38 bits per heavy atom. The highest BCUT2D eigenvalue weighted by molar-refractivity contribution is 7.17. The van der Waals surface area contributed by atoms with Gasteiger partial charge in [0.2, 0.25) is 0 Å². The molecule has 1 heterocycles. The first-order valence-electron chi connectivity index (χ1n) is 11.0. The Balaban J connectivity index is 1.29. The van der Waals surface area contributed by atoms with Gasteiger partial charge >= 0.3 is 12.1 Å².